The average molecular weight is 92.9 g/mol. The third-order valence-electron chi connectivity index (χ3n) is 0.824. The van der Waals surface area contributed by atoms with Crippen molar-refractivity contribution in [2.24, 2.45) is 10.6 Å². The lowest BCUT2D eigenvalue weighted by molar-refractivity contribution is 1.32. The molecule has 0 bridgehead atoms. The minimum absolute atomic E-state index is 0.549. The van der Waals surface area contributed by atoms with Crippen molar-refractivity contribution in [3.63, 3.8) is 0 Å². The van der Waals surface area contributed by atoms with E-state index in [1.165, 1.54) is 0 Å². The maximum Gasteiger partial charge on any atom is 0.304 e. The van der Waals surface area contributed by atoms with Gasteiger partial charge in [0.25, 0.3) is 0 Å². The molecule has 1 rings (SSSR count). The third kappa shape index (κ3) is 0.901. The molecular formula is C4H6BN2. The van der Waals surface area contributed by atoms with Gasteiger partial charge >= 0.3 is 7.41 Å². The van der Waals surface area contributed by atoms with E-state index in [0.717, 1.165) is 5.71 Å². The van der Waals surface area contributed by atoms with Crippen LogP contribution in [0.2, 0.25) is 0 Å². The van der Waals surface area contributed by atoms with Crippen LogP contribution in [0.4, 0.5) is 0 Å². The maximum absolute atomic E-state index is 5.23. The van der Waals surface area contributed by atoms with E-state index in [0.29, 0.717) is 6.54 Å². The first-order valence-corrected chi connectivity index (χ1v) is 2.20. The van der Waals surface area contributed by atoms with Gasteiger partial charge < -0.3 is 10.6 Å². The number of hydrogen-bond donors (Lipinski definition) is 1. The summed E-state index contributed by atoms with van der Waals surface area (Å²) in [6.45, 7) is 0.549. The second-order valence-corrected chi connectivity index (χ2v) is 1.33. The molecular weight excluding hydrogens is 86.9 g/mol. The van der Waals surface area contributed by atoms with Crippen LogP contribution in [0.15, 0.2) is 17.0 Å². The molecule has 0 spiro atoms. The van der Waals surface area contributed by atoms with E-state index >= 15 is 0 Å². The highest BCUT2D eigenvalue weighted by Crippen LogP contribution is 1.86. The molecule has 2 N–H and O–H groups in total. The quantitative estimate of drug-likeness (QED) is 0.437. The Balaban J connectivity index is 2.52. The van der Waals surface area contributed by atoms with Crippen LogP contribution in [-0.2, 0) is 0 Å². The lowest BCUT2D eigenvalue weighted by atomic mass is 10.00. The van der Waals surface area contributed by atoms with Crippen molar-refractivity contribution in [2.75, 3.05) is 6.54 Å². The molecule has 35 valence electrons. The summed E-state index contributed by atoms with van der Waals surface area (Å²) in [6.07, 6.45) is 1.90. The van der Waals surface area contributed by atoms with E-state index in [1.807, 2.05) is 12.1 Å². The minimum Gasteiger partial charge on any atom is -0.345 e. The molecule has 1 aliphatic rings. The Kier molecular flexibility index (Phi) is 1.27. The zero-order valence-corrected chi connectivity index (χ0v) is 3.96. The lowest BCUT2D eigenvalue weighted by Crippen LogP contribution is -2.08. The first-order chi connectivity index (χ1) is 3.43. The van der Waals surface area contributed by atoms with E-state index in [2.05, 4.69) is 4.90 Å². The summed E-state index contributed by atoms with van der Waals surface area (Å²) in [5.41, 5.74) is 6.19. The molecule has 1 heterocycles. The normalized spacial score (nSPS) is 16.4. The first-order valence-electron chi connectivity index (χ1n) is 2.20. The highest BCUT2D eigenvalue weighted by Gasteiger charge is 1.94. The van der Waals surface area contributed by atoms with Gasteiger partial charge in [-0.15, -0.1) is 0 Å². The molecule has 2 nitrogen and oxygen atoms in total. The molecule has 0 aromatic heterocycles. The molecule has 3 heteroatoms. The van der Waals surface area contributed by atoms with Gasteiger partial charge in [0.1, 0.15) is 0 Å². The van der Waals surface area contributed by atoms with Crippen LogP contribution in [0, 0.1) is 0 Å². The monoisotopic (exact) mass is 93.1 g/mol. The first kappa shape index (κ1) is 4.59. The van der Waals surface area contributed by atoms with Crippen molar-refractivity contribution in [1.82, 2.24) is 0 Å². The van der Waals surface area contributed by atoms with Crippen molar-refractivity contribution < 1.29 is 0 Å². The van der Waals surface area contributed by atoms with Gasteiger partial charge in [0, 0.05) is 12.3 Å². The molecule has 0 amide bonds. The van der Waals surface area contributed by atoms with E-state index in [4.69, 9.17) is 5.73 Å². The van der Waals surface area contributed by atoms with Gasteiger partial charge in [-0.05, 0) is 0 Å². The molecule has 1 aliphatic heterocycles. The summed E-state index contributed by atoms with van der Waals surface area (Å²) < 4.78 is 0. The molecule has 0 atom stereocenters. The molecule has 0 aromatic carbocycles. The highest BCUT2D eigenvalue weighted by atomic mass is 14.7. The summed E-state index contributed by atoms with van der Waals surface area (Å²) >= 11 is 0. The number of rotatable bonds is 1. The van der Waals surface area contributed by atoms with Crippen LogP contribution < -0.4 is 5.73 Å². The zero-order chi connectivity index (χ0) is 5.11. The molecule has 1 radical (unpaired) electrons. The van der Waals surface area contributed by atoms with Crippen molar-refractivity contribution in [1.29, 1.82) is 0 Å². The van der Waals surface area contributed by atoms with Gasteiger partial charge in [0.05, 0.1) is 0 Å². The van der Waals surface area contributed by atoms with Crippen molar-refractivity contribution in [3.8, 4) is 0 Å². The largest absolute Gasteiger partial charge is 0.345 e. The Morgan fingerprint density at radius 1 is 1.86 bits per heavy atom. The van der Waals surface area contributed by atoms with Gasteiger partial charge in [0.2, 0.25) is 0 Å². The molecule has 0 saturated carbocycles. The maximum atomic E-state index is 5.23. The van der Waals surface area contributed by atoms with Crippen LogP contribution in [0.25, 0.3) is 0 Å². The Morgan fingerprint density at radius 2 is 2.71 bits per heavy atom. The lowest BCUT2D eigenvalue weighted by Gasteiger charge is -1.84. The number of nitrogens with zero attached hydrogens (tertiary/aromatic N) is 1. The van der Waals surface area contributed by atoms with Crippen molar-refractivity contribution in [2.45, 2.75) is 0 Å². The van der Waals surface area contributed by atoms with Crippen LogP contribution in [0.1, 0.15) is 0 Å². The molecule has 7 heavy (non-hydrogen) atoms. The predicted molar refractivity (Wildman–Crippen MR) is 31.4 cm³/mol. The molecule has 0 unspecified atom stereocenters. The smallest absolute Gasteiger partial charge is 0.304 e. The SMILES string of the molecule is NCC1=N[B]C=C1. The second-order valence-electron chi connectivity index (χ2n) is 1.33. The van der Waals surface area contributed by atoms with Gasteiger partial charge in [-0.25, -0.2) is 0 Å². The fourth-order valence-electron chi connectivity index (χ4n) is 0.457. The second kappa shape index (κ2) is 1.93. The van der Waals surface area contributed by atoms with Gasteiger partial charge in [-0.2, -0.15) is 0 Å². The standard InChI is InChI=1S/C4H6BN2/c6-3-4-1-2-5-7-4/h1-2H,3,6H2. The van der Waals surface area contributed by atoms with Crippen LogP contribution in [0.3, 0.4) is 0 Å². The Morgan fingerprint density at radius 3 is 3.00 bits per heavy atom. The van der Waals surface area contributed by atoms with Crippen LogP contribution in [-0.4, -0.2) is 19.7 Å². The van der Waals surface area contributed by atoms with Crippen molar-refractivity contribution in [3.05, 3.63) is 12.1 Å². The van der Waals surface area contributed by atoms with Gasteiger partial charge in [-0.1, -0.05) is 12.1 Å². The Hall–Kier alpha value is -0.565. The fourth-order valence-corrected chi connectivity index (χ4v) is 0.457. The average Bonchev–Trinajstić information content (AvgIpc) is 2.14. The summed E-state index contributed by atoms with van der Waals surface area (Å²) in [4.78, 5) is 3.91. The van der Waals surface area contributed by atoms with Gasteiger partial charge in [-0.3, -0.25) is 0 Å². The fraction of sp³-hybridized carbons (Fsp3) is 0.250. The number of nitrogens with two attached hydrogens (primary N) is 1. The Bertz CT molecular complexity index is 117. The summed E-state index contributed by atoms with van der Waals surface area (Å²) in [6, 6.07) is 0. The zero-order valence-electron chi connectivity index (χ0n) is 3.96. The number of hydrogen-bond acceptors (Lipinski definition) is 2. The molecule has 0 saturated heterocycles. The molecule has 0 aromatic rings. The van der Waals surface area contributed by atoms with E-state index < -0.39 is 0 Å². The predicted octanol–water partition coefficient (Wildman–Crippen LogP) is -0.467. The topological polar surface area (TPSA) is 38.4 Å². The van der Waals surface area contributed by atoms with Crippen molar-refractivity contribution >= 4 is 13.1 Å². The van der Waals surface area contributed by atoms with Gasteiger partial charge in [0.15, 0.2) is 0 Å². The van der Waals surface area contributed by atoms with E-state index in [-0.39, 0.29) is 0 Å². The summed E-state index contributed by atoms with van der Waals surface area (Å²) in [5.74, 6) is 1.88. The minimum atomic E-state index is 0.549. The van der Waals surface area contributed by atoms with E-state index in [1.54, 1.807) is 7.41 Å². The molecule has 0 aliphatic carbocycles. The van der Waals surface area contributed by atoms with Crippen LogP contribution in [0.5, 0.6) is 0 Å². The third-order valence-corrected chi connectivity index (χ3v) is 0.824. The highest BCUT2D eigenvalue weighted by molar-refractivity contribution is 6.46. The van der Waals surface area contributed by atoms with E-state index in [9.17, 15) is 0 Å². The molecule has 0 fully saturated rings. The Labute approximate surface area is 43.4 Å². The van der Waals surface area contributed by atoms with Crippen LogP contribution >= 0.6 is 0 Å². The summed E-state index contributed by atoms with van der Waals surface area (Å²) in [7, 11) is 1.74. The summed E-state index contributed by atoms with van der Waals surface area (Å²) in [5, 5.41) is 0.